The summed E-state index contributed by atoms with van der Waals surface area (Å²) in [5.41, 5.74) is 1.18. The number of hydrogen-bond donors (Lipinski definition) is 1. The van der Waals surface area contributed by atoms with Crippen LogP contribution in [0.3, 0.4) is 0 Å². The van der Waals surface area contributed by atoms with E-state index in [4.69, 9.17) is 0 Å². The lowest BCUT2D eigenvalue weighted by atomic mass is 10.4. The lowest BCUT2D eigenvalue weighted by Gasteiger charge is -2.06. The minimum Gasteiger partial charge on any atom is -0.368 e. The molecule has 0 aliphatic carbocycles. The molecular weight excluding hydrogens is 246 g/mol. The van der Waals surface area contributed by atoms with E-state index in [1.165, 1.54) is 5.56 Å². The zero-order valence-electron chi connectivity index (χ0n) is 10.00. The largest absolute Gasteiger partial charge is 0.368 e. The second-order valence-electron chi connectivity index (χ2n) is 4.07. The second-order valence-corrected chi connectivity index (χ2v) is 4.96. The van der Waals surface area contributed by atoms with E-state index in [-0.39, 0.29) is 0 Å². The van der Waals surface area contributed by atoms with Crippen LogP contribution in [-0.4, -0.2) is 26.3 Å². The van der Waals surface area contributed by atoms with E-state index < -0.39 is 0 Å². The molecule has 0 unspecified atom stereocenters. The summed E-state index contributed by atoms with van der Waals surface area (Å²) in [6.07, 6.45) is 5.49. The van der Waals surface area contributed by atoms with Crippen molar-refractivity contribution in [1.29, 1.82) is 0 Å². The van der Waals surface area contributed by atoms with Gasteiger partial charge in [-0.1, -0.05) is 0 Å². The molecule has 0 aromatic carbocycles. The average Bonchev–Trinajstić information content (AvgIpc) is 2.98. The molecule has 18 heavy (non-hydrogen) atoms. The zero-order valence-corrected chi connectivity index (χ0v) is 10.8. The number of nitrogens with zero attached hydrogens (tertiary/aromatic N) is 4. The first-order chi connectivity index (χ1) is 8.83. The van der Waals surface area contributed by atoms with Crippen LogP contribution < -0.4 is 5.32 Å². The van der Waals surface area contributed by atoms with E-state index in [1.54, 1.807) is 17.7 Å². The van der Waals surface area contributed by atoms with Crippen molar-refractivity contribution < 1.29 is 0 Å². The van der Waals surface area contributed by atoms with Gasteiger partial charge in [-0.05, 0) is 23.9 Å². The Morgan fingerprint density at radius 3 is 3.17 bits per heavy atom. The second kappa shape index (κ2) is 4.73. The van der Waals surface area contributed by atoms with Crippen molar-refractivity contribution in [3.63, 3.8) is 0 Å². The summed E-state index contributed by atoms with van der Waals surface area (Å²) in [6.45, 7) is 3.66. The Morgan fingerprint density at radius 1 is 1.39 bits per heavy atom. The highest BCUT2D eigenvalue weighted by atomic mass is 32.1. The number of anilines is 1. The third kappa shape index (κ3) is 2.19. The Balaban J connectivity index is 1.68. The molecule has 0 atom stereocenters. The van der Waals surface area contributed by atoms with Gasteiger partial charge in [-0.25, -0.2) is 9.97 Å². The Kier molecular flexibility index (Phi) is 2.93. The van der Waals surface area contributed by atoms with Crippen LogP contribution in [0.5, 0.6) is 0 Å². The first-order valence-electron chi connectivity index (χ1n) is 5.74. The molecule has 5 nitrogen and oxygen atoms in total. The van der Waals surface area contributed by atoms with Crippen LogP contribution in [-0.2, 0) is 6.54 Å². The molecule has 92 valence electrons. The number of rotatable bonds is 4. The number of aromatic nitrogens is 4. The molecule has 3 heterocycles. The molecule has 6 heteroatoms. The van der Waals surface area contributed by atoms with Crippen molar-refractivity contribution in [2.75, 3.05) is 11.9 Å². The SMILES string of the molecule is Cc1cnn(CCNc2ncnc3sccc23)c1. The lowest BCUT2D eigenvalue weighted by Crippen LogP contribution is -2.11. The molecule has 0 saturated carbocycles. The summed E-state index contributed by atoms with van der Waals surface area (Å²) >= 11 is 1.63. The lowest BCUT2D eigenvalue weighted by molar-refractivity contribution is 0.637. The van der Waals surface area contributed by atoms with Gasteiger partial charge in [0.1, 0.15) is 17.0 Å². The molecule has 0 amide bonds. The number of nitrogens with one attached hydrogen (secondary N) is 1. The van der Waals surface area contributed by atoms with Crippen molar-refractivity contribution in [3.8, 4) is 0 Å². The van der Waals surface area contributed by atoms with Crippen LogP contribution in [0.1, 0.15) is 5.56 Å². The minimum absolute atomic E-state index is 0.795. The average molecular weight is 259 g/mol. The molecular formula is C12H13N5S. The summed E-state index contributed by atoms with van der Waals surface area (Å²) in [7, 11) is 0. The van der Waals surface area contributed by atoms with E-state index in [2.05, 4.69) is 20.4 Å². The van der Waals surface area contributed by atoms with Crippen LogP contribution in [0.2, 0.25) is 0 Å². The summed E-state index contributed by atoms with van der Waals surface area (Å²) in [5, 5.41) is 10.7. The summed E-state index contributed by atoms with van der Waals surface area (Å²) in [6, 6.07) is 2.04. The molecule has 0 fully saturated rings. The smallest absolute Gasteiger partial charge is 0.138 e. The first-order valence-corrected chi connectivity index (χ1v) is 6.62. The van der Waals surface area contributed by atoms with E-state index in [1.807, 2.05) is 35.4 Å². The molecule has 0 saturated heterocycles. The molecule has 3 rings (SSSR count). The molecule has 0 bridgehead atoms. The van der Waals surface area contributed by atoms with Gasteiger partial charge in [-0.3, -0.25) is 4.68 Å². The van der Waals surface area contributed by atoms with Gasteiger partial charge in [0.2, 0.25) is 0 Å². The van der Waals surface area contributed by atoms with Gasteiger partial charge in [-0.15, -0.1) is 11.3 Å². The third-order valence-corrected chi connectivity index (χ3v) is 3.48. The van der Waals surface area contributed by atoms with Crippen molar-refractivity contribution in [2.45, 2.75) is 13.5 Å². The maximum absolute atomic E-state index is 4.27. The monoisotopic (exact) mass is 259 g/mol. The van der Waals surface area contributed by atoms with Gasteiger partial charge in [0.15, 0.2) is 0 Å². The van der Waals surface area contributed by atoms with E-state index >= 15 is 0 Å². The minimum atomic E-state index is 0.795. The topological polar surface area (TPSA) is 55.6 Å². The summed E-state index contributed by atoms with van der Waals surface area (Å²) in [4.78, 5) is 9.51. The van der Waals surface area contributed by atoms with Crippen molar-refractivity contribution in [3.05, 3.63) is 35.7 Å². The van der Waals surface area contributed by atoms with Gasteiger partial charge < -0.3 is 5.32 Å². The quantitative estimate of drug-likeness (QED) is 0.781. The molecule has 3 aromatic heterocycles. The highest BCUT2D eigenvalue weighted by Gasteiger charge is 2.03. The predicted octanol–water partition coefficient (Wildman–Crippen LogP) is 2.31. The van der Waals surface area contributed by atoms with Crippen molar-refractivity contribution >= 4 is 27.4 Å². The Morgan fingerprint density at radius 2 is 2.33 bits per heavy atom. The number of hydrogen-bond acceptors (Lipinski definition) is 5. The zero-order chi connectivity index (χ0) is 12.4. The third-order valence-electron chi connectivity index (χ3n) is 2.66. The predicted molar refractivity (Wildman–Crippen MR) is 72.9 cm³/mol. The summed E-state index contributed by atoms with van der Waals surface area (Å²) in [5.74, 6) is 0.894. The van der Waals surface area contributed by atoms with Crippen LogP contribution in [0.4, 0.5) is 5.82 Å². The van der Waals surface area contributed by atoms with Crippen LogP contribution in [0, 0.1) is 6.92 Å². The van der Waals surface area contributed by atoms with Crippen LogP contribution >= 0.6 is 11.3 Å². The highest BCUT2D eigenvalue weighted by molar-refractivity contribution is 7.16. The van der Waals surface area contributed by atoms with Gasteiger partial charge >= 0.3 is 0 Å². The van der Waals surface area contributed by atoms with Gasteiger partial charge in [0.25, 0.3) is 0 Å². The maximum atomic E-state index is 4.27. The van der Waals surface area contributed by atoms with Gasteiger partial charge in [0, 0.05) is 12.7 Å². The first kappa shape index (κ1) is 11.2. The van der Waals surface area contributed by atoms with E-state index in [9.17, 15) is 0 Å². The maximum Gasteiger partial charge on any atom is 0.138 e. The normalized spacial score (nSPS) is 10.9. The fourth-order valence-electron chi connectivity index (χ4n) is 1.81. The molecule has 0 spiro atoms. The Hall–Kier alpha value is -1.95. The fraction of sp³-hybridized carbons (Fsp3) is 0.250. The molecule has 3 aromatic rings. The van der Waals surface area contributed by atoms with Gasteiger partial charge in [0.05, 0.1) is 18.1 Å². The molecule has 0 aliphatic heterocycles. The van der Waals surface area contributed by atoms with Crippen LogP contribution in [0.25, 0.3) is 10.2 Å². The number of thiophene rings is 1. The van der Waals surface area contributed by atoms with E-state index in [0.29, 0.717) is 0 Å². The molecule has 0 aliphatic rings. The van der Waals surface area contributed by atoms with Crippen molar-refractivity contribution in [2.24, 2.45) is 0 Å². The molecule has 0 radical (unpaired) electrons. The highest BCUT2D eigenvalue weighted by Crippen LogP contribution is 2.23. The van der Waals surface area contributed by atoms with Crippen molar-refractivity contribution in [1.82, 2.24) is 19.7 Å². The number of aryl methyl sites for hydroxylation is 1. The van der Waals surface area contributed by atoms with E-state index in [0.717, 1.165) is 29.1 Å². The van der Waals surface area contributed by atoms with Crippen LogP contribution in [0.15, 0.2) is 30.2 Å². The Bertz CT molecular complexity index is 657. The summed E-state index contributed by atoms with van der Waals surface area (Å²) < 4.78 is 1.92. The molecule has 1 N–H and O–H groups in total. The Labute approximate surface area is 109 Å². The number of fused-ring (bicyclic) bond motifs is 1. The standard InChI is InChI=1S/C12H13N5S/c1-9-6-16-17(7-9)4-3-13-11-10-2-5-18-12(10)15-8-14-11/h2,5-8H,3-4H2,1H3,(H,13,14,15). The van der Waals surface area contributed by atoms with Gasteiger partial charge in [-0.2, -0.15) is 5.10 Å². The fourth-order valence-corrected chi connectivity index (χ4v) is 2.54.